The molecule has 138 valence electrons. The summed E-state index contributed by atoms with van der Waals surface area (Å²) >= 11 is 3.03. The number of hydrogen-bond donors (Lipinski definition) is 1. The third kappa shape index (κ3) is 4.20. The molecular formula is C19H22FN3OS2. The predicted molar refractivity (Wildman–Crippen MR) is 104 cm³/mol. The van der Waals surface area contributed by atoms with Crippen LogP contribution in [0, 0.1) is 19.7 Å². The summed E-state index contributed by atoms with van der Waals surface area (Å²) in [5, 5.41) is 3.83. The maximum atomic E-state index is 14.0. The van der Waals surface area contributed by atoms with Crippen molar-refractivity contribution in [3.05, 3.63) is 46.5 Å². The molecule has 1 amide bonds. The van der Waals surface area contributed by atoms with Crippen molar-refractivity contribution in [2.24, 2.45) is 0 Å². The first-order valence-electron chi connectivity index (χ1n) is 8.58. The molecule has 1 N–H and O–H groups in total. The maximum Gasteiger partial charge on any atom is 0.220 e. The average molecular weight is 392 g/mol. The van der Waals surface area contributed by atoms with Gasteiger partial charge in [-0.2, -0.15) is 0 Å². The Morgan fingerprint density at radius 2 is 2.08 bits per heavy atom. The van der Waals surface area contributed by atoms with Gasteiger partial charge in [0, 0.05) is 28.5 Å². The van der Waals surface area contributed by atoms with Crippen molar-refractivity contribution < 1.29 is 9.18 Å². The largest absolute Gasteiger partial charge is 0.349 e. The van der Waals surface area contributed by atoms with Crippen molar-refractivity contribution in [1.82, 2.24) is 15.3 Å². The van der Waals surface area contributed by atoms with Gasteiger partial charge in [-0.25, -0.2) is 14.4 Å². The number of carbonyl (C=O) groups is 1. The van der Waals surface area contributed by atoms with E-state index < -0.39 is 0 Å². The van der Waals surface area contributed by atoms with Gasteiger partial charge in [0.25, 0.3) is 0 Å². The van der Waals surface area contributed by atoms with E-state index in [-0.39, 0.29) is 17.8 Å². The Balaban J connectivity index is 1.65. The van der Waals surface area contributed by atoms with Crippen molar-refractivity contribution in [1.29, 1.82) is 0 Å². The molecule has 1 aromatic heterocycles. The summed E-state index contributed by atoms with van der Waals surface area (Å²) < 4.78 is 14.0. The predicted octanol–water partition coefficient (Wildman–Crippen LogP) is 4.24. The van der Waals surface area contributed by atoms with Gasteiger partial charge >= 0.3 is 0 Å². The van der Waals surface area contributed by atoms with Gasteiger partial charge in [-0.15, -0.1) is 11.8 Å². The number of aryl methyl sites for hydroxylation is 2. The zero-order valence-electron chi connectivity index (χ0n) is 15.1. The molecule has 0 fully saturated rings. The van der Waals surface area contributed by atoms with E-state index in [9.17, 15) is 9.18 Å². The molecule has 1 aromatic carbocycles. The van der Waals surface area contributed by atoms with Crippen LogP contribution >= 0.6 is 23.5 Å². The lowest BCUT2D eigenvalue weighted by atomic mass is 10.0. The number of rotatable bonds is 5. The van der Waals surface area contributed by atoms with Gasteiger partial charge in [-0.3, -0.25) is 4.79 Å². The molecule has 2 aromatic rings. The lowest BCUT2D eigenvalue weighted by Crippen LogP contribution is -2.31. The first kappa shape index (κ1) is 19.2. The molecule has 0 spiro atoms. The van der Waals surface area contributed by atoms with E-state index in [0.717, 1.165) is 39.8 Å². The molecular weight excluding hydrogens is 369 g/mol. The molecule has 26 heavy (non-hydrogen) atoms. The van der Waals surface area contributed by atoms with Crippen LogP contribution in [0.5, 0.6) is 0 Å². The minimum absolute atomic E-state index is 0.0233. The van der Waals surface area contributed by atoms with E-state index in [1.807, 2.05) is 26.2 Å². The number of nitrogens with one attached hydrogen (secondary N) is 1. The van der Waals surface area contributed by atoms with Crippen LogP contribution in [0.4, 0.5) is 4.39 Å². The number of amides is 1. The first-order valence-corrected chi connectivity index (χ1v) is 10.8. The fourth-order valence-electron chi connectivity index (χ4n) is 3.20. The molecule has 0 saturated carbocycles. The highest BCUT2D eigenvalue weighted by molar-refractivity contribution is 7.99. The molecule has 1 atom stereocenters. The summed E-state index contributed by atoms with van der Waals surface area (Å²) in [4.78, 5) is 22.1. The highest BCUT2D eigenvalue weighted by Crippen LogP contribution is 2.37. The molecule has 0 bridgehead atoms. The van der Waals surface area contributed by atoms with Crippen LogP contribution in [-0.2, 0) is 11.2 Å². The fraction of sp³-hybridized carbons (Fsp3) is 0.421. The van der Waals surface area contributed by atoms with Crippen LogP contribution in [0.25, 0.3) is 0 Å². The van der Waals surface area contributed by atoms with E-state index in [0.29, 0.717) is 17.7 Å². The van der Waals surface area contributed by atoms with E-state index in [1.165, 1.54) is 29.6 Å². The summed E-state index contributed by atoms with van der Waals surface area (Å²) in [7, 11) is 0. The summed E-state index contributed by atoms with van der Waals surface area (Å²) in [6.07, 6.45) is 3.74. The molecule has 0 unspecified atom stereocenters. The molecule has 1 aliphatic heterocycles. The molecule has 0 aliphatic carbocycles. The van der Waals surface area contributed by atoms with Gasteiger partial charge < -0.3 is 5.32 Å². The standard InChI is InChI=1S/C19H22FN3OS2/c1-11-13(12(2)22-19(21-11)25-3)7-8-17(24)23-16-9-10-26-18-14(16)5-4-6-15(18)20/h4-6,16H,7-10H2,1-3H3,(H,23,24)/t16-/m1/s1. The van der Waals surface area contributed by atoms with Gasteiger partial charge in [0.1, 0.15) is 5.82 Å². The highest BCUT2D eigenvalue weighted by atomic mass is 32.2. The smallest absolute Gasteiger partial charge is 0.220 e. The van der Waals surface area contributed by atoms with Gasteiger partial charge in [-0.05, 0) is 50.1 Å². The summed E-state index contributed by atoms with van der Waals surface area (Å²) in [6.45, 7) is 3.91. The van der Waals surface area contributed by atoms with Crippen molar-refractivity contribution in [3.63, 3.8) is 0 Å². The molecule has 1 aliphatic rings. The summed E-state index contributed by atoms with van der Waals surface area (Å²) in [6, 6.07) is 4.96. The Morgan fingerprint density at radius 1 is 1.35 bits per heavy atom. The van der Waals surface area contributed by atoms with E-state index in [4.69, 9.17) is 0 Å². The normalized spacial score (nSPS) is 16.2. The second kappa shape index (κ2) is 8.39. The Hall–Kier alpha value is -1.60. The number of nitrogens with zero attached hydrogens (tertiary/aromatic N) is 2. The van der Waals surface area contributed by atoms with Gasteiger partial charge in [0.05, 0.1) is 6.04 Å². The Morgan fingerprint density at radius 3 is 2.77 bits per heavy atom. The van der Waals surface area contributed by atoms with Crippen molar-refractivity contribution in [2.75, 3.05) is 12.0 Å². The van der Waals surface area contributed by atoms with Crippen LogP contribution in [0.2, 0.25) is 0 Å². The van der Waals surface area contributed by atoms with Crippen molar-refractivity contribution in [3.8, 4) is 0 Å². The van der Waals surface area contributed by atoms with Crippen LogP contribution < -0.4 is 5.32 Å². The first-order chi connectivity index (χ1) is 12.5. The average Bonchev–Trinajstić information content (AvgIpc) is 2.61. The van der Waals surface area contributed by atoms with Crippen LogP contribution in [0.15, 0.2) is 28.3 Å². The number of fused-ring (bicyclic) bond motifs is 1. The lowest BCUT2D eigenvalue weighted by molar-refractivity contribution is -0.121. The summed E-state index contributed by atoms with van der Waals surface area (Å²) in [5.74, 6) is 0.578. The second-order valence-corrected chi connectivity index (χ2v) is 8.15. The monoisotopic (exact) mass is 391 g/mol. The molecule has 3 rings (SSSR count). The zero-order valence-corrected chi connectivity index (χ0v) is 16.8. The van der Waals surface area contributed by atoms with Gasteiger partial charge in [0.15, 0.2) is 5.16 Å². The van der Waals surface area contributed by atoms with Crippen LogP contribution in [-0.4, -0.2) is 27.9 Å². The molecule has 0 saturated heterocycles. The van der Waals surface area contributed by atoms with E-state index in [1.54, 1.807) is 6.07 Å². The number of aromatic nitrogens is 2. The van der Waals surface area contributed by atoms with E-state index in [2.05, 4.69) is 15.3 Å². The Labute approximate surface area is 161 Å². The van der Waals surface area contributed by atoms with E-state index >= 15 is 0 Å². The highest BCUT2D eigenvalue weighted by Gasteiger charge is 2.24. The number of benzene rings is 1. The minimum atomic E-state index is -0.205. The molecule has 2 heterocycles. The Kier molecular flexibility index (Phi) is 6.19. The molecule has 7 heteroatoms. The summed E-state index contributed by atoms with van der Waals surface area (Å²) in [5.41, 5.74) is 3.77. The van der Waals surface area contributed by atoms with Gasteiger partial charge in [-0.1, -0.05) is 23.9 Å². The third-order valence-corrected chi connectivity index (χ3v) is 6.25. The maximum absolute atomic E-state index is 14.0. The Bertz CT molecular complexity index is 805. The zero-order chi connectivity index (χ0) is 18.7. The topological polar surface area (TPSA) is 54.9 Å². The number of hydrogen-bond acceptors (Lipinski definition) is 5. The van der Waals surface area contributed by atoms with Gasteiger partial charge in [0.2, 0.25) is 5.91 Å². The third-order valence-electron chi connectivity index (χ3n) is 4.55. The minimum Gasteiger partial charge on any atom is -0.349 e. The molecule has 0 radical (unpaired) electrons. The number of carbonyl (C=O) groups excluding carboxylic acids is 1. The number of halogens is 1. The van der Waals surface area contributed by atoms with Crippen molar-refractivity contribution >= 4 is 29.4 Å². The van der Waals surface area contributed by atoms with Crippen LogP contribution in [0.3, 0.4) is 0 Å². The quantitative estimate of drug-likeness (QED) is 0.610. The second-order valence-electron chi connectivity index (χ2n) is 6.28. The molecule has 4 nitrogen and oxygen atoms in total. The lowest BCUT2D eigenvalue weighted by Gasteiger charge is -2.26. The van der Waals surface area contributed by atoms with Crippen molar-refractivity contribution in [2.45, 2.75) is 49.2 Å². The number of thioether (sulfide) groups is 2. The fourth-order valence-corrected chi connectivity index (χ4v) is 4.80. The SMILES string of the molecule is CSc1nc(C)c(CCC(=O)N[C@@H]2CCSc3c(F)cccc32)c(C)n1. The van der Waals surface area contributed by atoms with Crippen LogP contribution in [0.1, 0.15) is 41.4 Å².